The zero-order chi connectivity index (χ0) is 14.5. The van der Waals surface area contributed by atoms with Crippen LogP contribution >= 0.6 is 0 Å². The number of aromatic nitrogens is 1. The van der Waals surface area contributed by atoms with Gasteiger partial charge in [0.15, 0.2) is 0 Å². The molecule has 1 aromatic carbocycles. The molecule has 0 spiro atoms. The highest BCUT2D eigenvalue weighted by molar-refractivity contribution is 6.05. The SMILES string of the molecule is CC(C)CCC(C)NC(=O)c1cccc2cccnc12. The minimum Gasteiger partial charge on any atom is -0.350 e. The highest BCUT2D eigenvalue weighted by Crippen LogP contribution is 2.16. The van der Waals surface area contributed by atoms with Gasteiger partial charge in [0, 0.05) is 17.6 Å². The molecule has 0 saturated carbocycles. The van der Waals surface area contributed by atoms with Crippen molar-refractivity contribution in [3.05, 3.63) is 42.1 Å². The van der Waals surface area contributed by atoms with E-state index in [2.05, 4.69) is 31.1 Å². The van der Waals surface area contributed by atoms with E-state index in [9.17, 15) is 4.79 Å². The van der Waals surface area contributed by atoms with E-state index >= 15 is 0 Å². The van der Waals surface area contributed by atoms with E-state index in [-0.39, 0.29) is 11.9 Å². The minimum atomic E-state index is -0.0365. The first-order chi connectivity index (χ1) is 9.58. The Bertz CT molecular complexity index is 587. The van der Waals surface area contributed by atoms with Gasteiger partial charge in [-0.1, -0.05) is 32.0 Å². The average molecular weight is 270 g/mol. The van der Waals surface area contributed by atoms with Gasteiger partial charge in [-0.25, -0.2) is 0 Å². The van der Waals surface area contributed by atoms with Crippen molar-refractivity contribution in [1.82, 2.24) is 10.3 Å². The number of rotatable bonds is 5. The number of hydrogen-bond donors (Lipinski definition) is 1. The van der Waals surface area contributed by atoms with E-state index in [1.165, 1.54) is 0 Å². The van der Waals surface area contributed by atoms with E-state index < -0.39 is 0 Å². The molecule has 1 atom stereocenters. The molecular formula is C17H22N2O. The second-order valence-electron chi connectivity index (χ2n) is 5.73. The van der Waals surface area contributed by atoms with E-state index in [0.29, 0.717) is 11.5 Å². The summed E-state index contributed by atoms with van der Waals surface area (Å²) in [5.41, 5.74) is 1.42. The normalized spacial score (nSPS) is 12.6. The van der Waals surface area contributed by atoms with Crippen molar-refractivity contribution in [2.75, 3.05) is 0 Å². The zero-order valence-corrected chi connectivity index (χ0v) is 12.4. The predicted molar refractivity (Wildman–Crippen MR) is 82.7 cm³/mol. The Labute approximate surface area is 120 Å². The number of fused-ring (bicyclic) bond motifs is 1. The summed E-state index contributed by atoms with van der Waals surface area (Å²) in [5, 5.41) is 4.06. The molecule has 2 rings (SSSR count). The number of para-hydroxylation sites is 1. The molecule has 1 N–H and O–H groups in total. The molecule has 1 heterocycles. The van der Waals surface area contributed by atoms with Crippen molar-refractivity contribution in [2.24, 2.45) is 5.92 Å². The van der Waals surface area contributed by atoms with Crippen molar-refractivity contribution in [2.45, 2.75) is 39.7 Å². The van der Waals surface area contributed by atoms with Crippen LogP contribution in [-0.4, -0.2) is 16.9 Å². The van der Waals surface area contributed by atoms with E-state index in [1.54, 1.807) is 6.20 Å². The molecule has 3 nitrogen and oxygen atoms in total. The Morgan fingerprint density at radius 2 is 1.90 bits per heavy atom. The van der Waals surface area contributed by atoms with Crippen LogP contribution < -0.4 is 5.32 Å². The average Bonchev–Trinajstić information content (AvgIpc) is 2.44. The Morgan fingerprint density at radius 1 is 1.15 bits per heavy atom. The lowest BCUT2D eigenvalue weighted by Gasteiger charge is -2.15. The van der Waals surface area contributed by atoms with Gasteiger partial charge >= 0.3 is 0 Å². The van der Waals surface area contributed by atoms with Crippen LogP contribution in [0.25, 0.3) is 10.9 Å². The molecule has 106 valence electrons. The largest absolute Gasteiger partial charge is 0.350 e. The summed E-state index contributed by atoms with van der Waals surface area (Å²) >= 11 is 0. The maximum atomic E-state index is 12.4. The molecule has 20 heavy (non-hydrogen) atoms. The van der Waals surface area contributed by atoms with Gasteiger partial charge in [-0.15, -0.1) is 0 Å². The maximum Gasteiger partial charge on any atom is 0.253 e. The van der Waals surface area contributed by atoms with Gasteiger partial charge in [-0.05, 0) is 37.8 Å². The third-order valence-corrected chi connectivity index (χ3v) is 3.43. The van der Waals surface area contributed by atoms with E-state index in [0.717, 1.165) is 23.7 Å². The van der Waals surface area contributed by atoms with Crippen LogP contribution in [0.5, 0.6) is 0 Å². The number of hydrogen-bond acceptors (Lipinski definition) is 2. The molecule has 0 fully saturated rings. The summed E-state index contributed by atoms with van der Waals surface area (Å²) in [6.07, 6.45) is 3.85. The predicted octanol–water partition coefficient (Wildman–Crippen LogP) is 3.79. The smallest absolute Gasteiger partial charge is 0.253 e. The first-order valence-electron chi connectivity index (χ1n) is 7.22. The number of benzene rings is 1. The molecule has 0 bridgehead atoms. The molecule has 3 heteroatoms. The van der Waals surface area contributed by atoms with E-state index in [1.807, 2.05) is 30.3 Å². The maximum absolute atomic E-state index is 12.4. The molecule has 1 amide bonds. The fourth-order valence-corrected chi connectivity index (χ4v) is 2.24. The van der Waals surface area contributed by atoms with Gasteiger partial charge in [0.05, 0.1) is 11.1 Å². The second-order valence-corrected chi connectivity index (χ2v) is 5.73. The third-order valence-electron chi connectivity index (χ3n) is 3.43. The van der Waals surface area contributed by atoms with Crippen LogP contribution in [0, 0.1) is 5.92 Å². The van der Waals surface area contributed by atoms with Crippen molar-refractivity contribution >= 4 is 16.8 Å². The lowest BCUT2D eigenvalue weighted by atomic mass is 10.0. The first kappa shape index (κ1) is 14.5. The van der Waals surface area contributed by atoms with Gasteiger partial charge in [0.1, 0.15) is 0 Å². The highest BCUT2D eigenvalue weighted by atomic mass is 16.1. The number of carbonyl (C=O) groups is 1. The summed E-state index contributed by atoms with van der Waals surface area (Å²) in [6, 6.07) is 9.75. The lowest BCUT2D eigenvalue weighted by molar-refractivity contribution is 0.0938. The van der Waals surface area contributed by atoms with Gasteiger partial charge in [-0.2, -0.15) is 0 Å². The highest BCUT2D eigenvalue weighted by Gasteiger charge is 2.13. The summed E-state index contributed by atoms with van der Waals surface area (Å²) in [6.45, 7) is 6.45. The van der Waals surface area contributed by atoms with E-state index in [4.69, 9.17) is 0 Å². The molecule has 0 aliphatic rings. The van der Waals surface area contributed by atoms with Crippen LogP contribution in [0.3, 0.4) is 0 Å². The molecule has 2 aromatic rings. The molecular weight excluding hydrogens is 248 g/mol. The van der Waals surface area contributed by atoms with Crippen molar-refractivity contribution in [3.63, 3.8) is 0 Å². The standard InChI is InChI=1S/C17H22N2O/c1-12(2)9-10-13(3)19-17(20)15-8-4-6-14-7-5-11-18-16(14)15/h4-8,11-13H,9-10H2,1-3H3,(H,19,20). The van der Waals surface area contributed by atoms with Crippen molar-refractivity contribution < 1.29 is 4.79 Å². The van der Waals surface area contributed by atoms with Gasteiger partial charge < -0.3 is 5.32 Å². The Kier molecular flexibility index (Phi) is 4.72. The quantitative estimate of drug-likeness (QED) is 0.898. The number of carbonyl (C=O) groups excluding carboxylic acids is 1. The van der Waals surface area contributed by atoms with Gasteiger partial charge in [0.2, 0.25) is 0 Å². The van der Waals surface area contributed by atoms with Crippen LogP contribution in [0.2, 0.25) is 0 Å². The fourth-order valence-electron chi connectivity index (χ4n) is 2.24. The molecule has 0 saturated heterocycles. The molecule has 0 radical (unpaired) electrons. The van der Waals surface area contributed by atoms with Gasteiger partial charge in [-0.3, -0.25) is 9.78 Å². The number of amides is 1. The molecule has 0 aliphatic carbocycles. The summed E-state index contributed by atoms with van der Waals surface area (Å²) in [5.74, 6) is 0.624. The Balaban J connectivity index is 2.11. The number of nitrogens with one attached hydrogen (secondary N) is 1. The summed E-state index contributed by atoms with van der Waals surface area (Å²) in [4.78, 5) is 16.7. The fraction of sp³-hybridized carbons (Fsp3) is 0.412. The third kappa shape index (κ3) is 3.56. The minimum absolute atomic E-state index is 0.0365. The second kappa shape index (κ2) is 6.51. The number of nitrogens with zero attached hydrogens (tertiary/aromatic N) is 1. The molecule has 1 aromatic heterocycles. The molecule has 1 unspecified atom stereocenters. The first-order valence-corrected chi connectivity index (χ1v) is 7.22. The molecule has 0 aliphatic heterocycles. The Morgan fingerprint density at radius 3 is 2.65 bits per heavy atom. The topological polar surface area (TPSA) is 42.0 Å². The Hall–Kier alpha value is -1.90. The van der Waals surface area contributed by atoms with Crippen LogP contribution in [0.1, 0.15) is 44.0 Å². The van der Waals surface area contributed by atoms with Gasteiger partial charge in [0.25, 0.3) is 5.91 Å². The zero-order valence-electron chi connectivity index (χ0n) is 12.4. The van der Waals surface area contributed by atoms with Crippen molar-refractivity contribution in [1.29, 1.82) is 0 Å². The monoisotopic (exact) mass is 270 g/mol. The van der Waals surface area contributed by atoms with Crippen molar-refractivity contribution in [3.8, 4) is 0 Å². The van der Waals surface area contributed by atoms with Crippen LogP contribution in [-0.2, 0) is 0 Å². The van der Waals surface area contributed by atoms with Crippen LogP contribution in [0.15, 0.2) is 36.5 Å². The summed E-state index contributed by atoms with van der Waals surface area (Å²) < 4.78 is 0. The van der Waals surface area contributed by atoms with Crippen LogP contribution in [0.4, 0.5) is 0 Å². The summed E-state index contributed by atoms with van der Waals surface area (Å²) in [7, 11) is 0. The lowest BCUT2D eigenvalue weighted by Crippen LogP contribution is -2.32. The number of pyridine rings is 1.